The number of H-pyrrole nitrogens is 3. The van der Waals surface area contributed by atoms with E-state index < -0.39 is 252 Å². The van der Waals surface area contributed by atoms with Crippen LogP contribution < -0.4 is 33.9 Å². The van der Waals surface area contributed by atoms with Crippen molar-refractivity contribution in [1.82, 2.24) is 117 Å². The summed E-state index contributed by atoms with van der Waals surface area (Å²) in [5, 5.41) is 0. The molecule has 0 aromatic carbocycles. The van der Waals surface area contributed by atoms with E-state index in [1.807, 2.05) is 0 Å². The van der Waals surface area contributed by atoms with Gasteiger partial charge in [0.25, 0.3) is 24.2 Å². The van der Waals surface area contributed by atoms with Gasteiger partial charge in [0.2, 0.25) is 7.57 Å². The van der Waals surface area contributed by atoms with Gasteiger partial charge in [0.05, 0.1) is 92.7 Å². The Morgan fingerprint density at radius 3 is 0.928 bits per heavy atom. The molecule has 21 heterocycles. The van der Waals surface area contributed by atoms with Crippen LogP contribution in [-0.4, -0.2) is 326 Å². The third-order valence-corrected chi connectivity index (χ3v) is 28.2. The fourth-order valence-corrected chi connectivity index (χ4v) is 22.1. The summed E-state index contributed by atoms with van der Waals surface area (Å²) in [6, 6.07) is 0. The van der Waals surface area contributed by atoms with Gasteiger partial charge in [0, 0.05) is 21.3 Å². The normalized spacial score (nSPS) is 37.1. The highest BCUT2D eigenvalue weighted by molar-refractivity contribution is 7.80. The molecule has 60 nitrogen and oxygen atoms in total. The van der Waals surface area contributed by atoms with Gasteiger partial charge in [-0.05, 0) is 20.8 Å². The molecule has 12 N–H and O–H groups in total. The van der Waals surface area contributed by atoms with E-state index in [-0.39, 0.29) is 115 Å². The van der Waals surface area contributed by atoms with Crippen molar-refractivity contribution in [3.8, 4) is 0 Å². The van der Waals surface area contributed by atoms with Crippen molar-refractivity contribution in [3.63, 3.8) is 0 Å². The first-order valence-corrected chi connectivity index (χ1v) is 48.5. The maximum absolute atomic E-state index is 16.1. The smallest absolute Gasteiger partial charge is 0.382 e. The number of rotatable bonds is 9. The Morgan fingerprint density at radius 2 is 0.616 bits per heavy atom. The second-order valence-electron chi connectivity index (χ2n) is 31.1. The number of nitrogens with zero attached hydrogens (tertiary/aromatic N) is 21. The van der Waals surface area contributed by atoms with E-state index in [0.717, 1.165) is 6.33 Å². The quantitative estimate of drug-likeness (QED) is 0.0616. The van der Waals surface area contributed by atoms with Gasteiger partial charge < -0.3 is 126 Å². The summed E-state index contributed by atoms with van der Waals surface area (Å²) in [5.74, 6) is 0.978. The fourth-order valence-electron chi connectivity index (χ4n) is 16.7. The molecule has 27 unspecified atom stereocenters. The zero-order valence-electron chi connectivity index (χ0n) is 70.4. The average molecular weight is 2060 g/mol. The van der Waals surface area contributed by atoms with E-state index in [1.54, 1.807) is 20.8 Å². The topological polar surface area (TPSA) is 757 Å². The van der Waals surface area contributed by atoms with Gasteiger partial charge in [-0.25, -0.2) is 102 Å². The van der Waals surface area contributed by atoms with Crippen LogP contribution in [0.1, 0.15) is 54.8 Å². The molecule has 72 heteroatoms. The second-order valence-corrected chi connectivity index (χ2v) is 38.7. The summed E-state index contributed by atoms with van der Waals surface area (Å²) in [7, 11) is -19.8. The van der Waals surface area contributed by atoms with E-state index in [9.17, 15) is 56.5 Å². The van der Waals surface area contributed by atoms with Crippen LogP contribution in [-0.2, 0) is 124 Å². The zero-order chi connectivity index (χ0) is 97.6. The SMILES string of the molecule is [BH3-][P@@]1(=O)OCC2OC(n3cnc4c(=O)[nH]c(C)nc43)C(OP(=O)(O)OCC3OC(n4cnc5c(N)ncnc54)C(F)C3O1)C2OC.[BH3-][P@]1(=O)OCC2OC(n3cnc4c(=O)[nH]c(C)nc43)C(OP(=O)(O)OCC3OC(n4cnc5c(N)ncnc54)C(F)C3O1)C2OC.[B][P@@]1(=O)OCC2OC(n3cnc4c(N)ncnc43)C(F)C2OP(=O)(O)OCC2OC(n3cnc4c(=O)[nH]c(C)nc43)C(O1)C2OC. The van der Waals surface area contributed by atoms with Crippen LogP contribution in [0.25, 0.3) is 67.0 Å². The molecular formula is C66H81B3F3N27O33P6-2. The number of nitrogens with one attached hydrogen (secondary N) is 3. The minimum absolute atomic E-state index is 0.0127. The minimum Gasteiger partial charge on any atom is -0.382 e. The summed E-state index contributed by atoms with van der Waals surface area (Å²) in [6.07, 6.45) is -22.8. The van der Waals surface area contributed by atoms with Crippen molar-refractivity contribution < 1.29 is 152 Å². The average Bonchev–Trinajstić information content (AvgIpc) is 1.61. The van der Waals surface area contributed by atoms with Crippen molar-refractivity contribution >= 4 is 153 Å². The molecule has 9 aliphatic rings. The van der Waals surface area contributed by atoms with Crippen molar-refractivity contribution in [2.24, 2.45) is 0 Å². The molecular weight excluding hydrogens is 1970 g/mol. The number of fused-ring (bicyclic) bond motifs is 15. The van der Waals surface area contributed by atoms with Crippen molar-refractivity contribution in [2.45, 2.75) is 168 Å². The van der Waals surface area contributed by atoms with Gasteiger partial charge in [-0.2, -0.15) is 0 Å². The number of hydrogen-bond acceptors (Lipinski definition) is 48. The lowest BCUT2D eigenvalue weighted by Gasteiger charge is -2.28. The number of hydrogen-bond donors (Lipinski definition) is 9. The lowest BCUT2D eigenvalue weighted by atomic mass is 10.1. The lowest BCUT2D eigenvalue weighted by Crippen LogP contribution is -2.37. The molecule has 12 aromatic heterocycles. The summed E-state index contributed by atoms with van der Waals surface area (Å²) in [6.45, 7) is 1.10. The number of methoxy groups -OCH3 is 3. The third-order valence-electron chi connectivity index (χ3n) is 22.7. The Kier molecular flexibility index (Phi) is 26.4. The number of aromatic nitrogens is 24. The van der Waals surface area contributed by atoms with E-state index in [0.29, 0.717) is 0 Å². The highest BCUT2D eigenvalue weighted by Gasteiger charge is 2.60. The van der Waals surface area contributed by atoms with Crippen molar-refractivity contribution in [3.05, 3.63) is 105 Å². The number of phosphoric acid groups is 3. The highest BCUT2D eigenvalue weighted by atomic mass is 31.2. The van der Waals surface area contributed by atoms with Gasteiger partial charge in [-0.15, -0.1) is 0 Å². The Morgan fingerprint density at radius 1 is 0.362 bits per heavy atom. The van der Waals surface area contributed by atoms with Gasteiger partial charge in [-0.1, -0.05) is 0 Å². The number of aryl methyl sites for hydroxylation is 3. The maximum atomic E-state index is 16.1. The first-order chi connectivity index (χ1) is 65.6. The molecule has 9 fully saturated rings. The van der Waals surface area contributed by atoms with E-state index in [1.165, 1.54) is 99.4 Å². The first-order valence-electron chi connectivity index (χ1n) is 40.2. The molecule has 9 aliphatic heterocycles. The molecule has 0 saturated carbocycles. The second kappa shape index (κ2) is 37.4. The molecule has 138 heavy (non-hydrogen) atoms. The monoisotopic (exact) mass is 2060 g/mol. The van der Waals surface area contributed by atoms with E-state index in [2.05, 4.69) is 89.7 Å². The third kappa shape index (κ3) is 18.7. The number of ether oxygens (including phenoxy) is 9. The summed E-state index contributed by atoms with van der Waals surface area (Å²) in [4.78, 5) is 139. The number of anilines is 3. The number of phosphoric ester groups is 3. The Bertz CT molecular complexity index is 6550. The standard InChI is InChI=1S/2C22H28BFN9O11P2.C22H25BFN9O11P2/c2*1-8-30-19-13(20(34)31-8)29-7-33(19)22-16-15(38-2)10(42-22)3-39-45(23,35)43-14-9(4-40-46(36,37)44-16)41-21(11(14)24)32-6-28-12-17(25)26-5-27-18(12)32;1-8-30-19-13(20(34)31-8)29-7-33(19)22-16-15(38-2)10(42-22)4-40-46(36,37)44-14-9(3-39-45(23,35)43-16)41-21(11(14)24)32-6-28-12-17(25)26-5-27-18(12)32/h2*5-7,9-11,14-16,21-22H,3-4H2,1-2,23H3,(H,36,37)(H2,25,26,27)(H,30,31,34);5-7,9-11,14-16,21-22H,3-4H2,1-2H3,(H,36,37)(H2,25,26,27)(H,30,31,34)/q2*-1;/t3*9?,10?,11?,14?,15?,16?,21?,22?,45-/m101/s1. The van der Waals surface area contributed by atoms with Crippen LogP contribution in [0.3, 0.4) is 0 Å². The van der Waals surface area contributed by atoms with E-state index >= 15 is 13.2 Å². The maximum Gasteiger partial charge on any atom is 0.472 e. The van der Waals surface area contributed by atoms with Crippen molar-refractivity contribution in [2.75, 3.05) is 78.2 Å². The number of halogens is 3. The highest BCUT2D eigenvalue weighted by Crippen LogP contribution is 2.59. The summed E-state index contributed by atoms with van der Waals surface area (Å²) >= 11 is 0. The largest absolute Gasteiger partial charge is 0.472 e. The van der Waals surface area contributed by atoms with Crippen LogP contribution in [0, 0.1) is 20.8 Å². The minimum atomic E-state index is -5.05. The molecule has 0 aliphatic carbocycles. The molecule has 2 radical (unpaired) electrons. The van der Waals surface area contributed by atoms with Crippen LogP contribution in [0.5, 0.6) is 0 Å². The van der Waals surface area contributed by atoms with Crippen molar-refractivity contribution in [1.29, 1.82) is 0 Å². The van der Waals surface area contributed by atoms with Gasteiger partial charge in [0.1, 0.15) is 160 Å². The fraction of sp³-hybridized carbons (Fsp3) is 0.545. The first kappa shape index (κ1) is 97.3. The predicted octanol–water partition coefficient (Wildman–Crippen LogP) is -1.03. The summed E-state index contributed by atoms with van der Waals surface area (Å²) < 4.78 is 256. The number of imidazole rings is 6. The van der Waals surface area contributed by atoms with Gasteiger partial charge in [0.15, 0.2) is 124 Å². The Labute approximate surface area is 771 Å². The van der Waals surface area contributed by atoms with Crippen LogP contribution in [0.15, 0.2) is 71.3 Å². The summed E-state index contributed by atoms with van der Waals surface area (Å²) in [5.41, 5.74) is 17.3. The molecule has 0 amide bonds. The van der Waals surface area contributed by atoms with Crippen LogP contribution >= 0.6 is 45.9 Å². The number of alkyl halides is 3. The van der Waals surface area contributed by atoms with Crippen LogP contribution in [0.2, 0.25) is 0 Å². The molecule has 21 rings (SSSR count). The molecule has 12 aromatic rings. The van der Waals surface area contributed by atoms with Gasteiger partial charge in [-0.3, -0.25) is 73.5 Å². The zero-order valence-corrected chi connectivity index (χ0v) is 75.8. The molecule has 6 bridgehead atoms. The lowest BCUT2D eigenvalue weighted by molar-refractivity contribution is -0.0631. The van der Waals surface area contributed by atoms with Gasteiger partial charge >= 0.3 is 23.5 Å². The molecule has 9 saturated heterocycles. The number of nitrogen functional groups attached to an aromatic ring is 3. The Balaban J connectivity index is 0.000000132. The number of nitrogens with two attached hydrogens (primary N) is 3. The predicted molar refractivity (Wildman–Crippen MR) is 461 cm³/mol. The van der Waals surface area contributed by atoms with E-state index in [4.69, 9.17) is 122 Å². The molecule has 30 atom stereocenters. The van der Waals surface area contributed by atoms with Crippen LogP contribution in [0.4, 0.5) is 30.6 Å². The Hall–Kier alpha value is -9.50. The molecule has 740 valence electrons. The number of aromatic amines is 3. The molecule has 0 spiro atoms.